The van der Waals surface area contributed by atoms with Crippen LogP contribution in [0.3, 0.4) is 0 Å². The molecule has 0 aliphatic rings. The molecule has 0 fully saturated rings. The number of nitrogens with two attached hydrogens (primary N) is 2. The molecule has 0 saturated heterocycles. The fraction of sp³-hybridized carbons (Fsp3) is 0.500. The maximum Gasteiger partial charge on any atom is 0.124 e. The molecule has 1 atom stereocenters. The molecule has 0 heterocycles. The van der Waals surface area contributed by atoms with Crippen LogP contribution in [0, 0.1) is 12.7 Å². The van der Waals surface area contributed by atoms with Crippen LogP contribution in [0.4, 0.5) is 4.39 Å². The highest BCUT2D eigenvalue weighted by Crippen LogP contribution is 2.29. The van der Waals surface area contributed by atoms with Gasteiger partial charge < -0.3 is 16.6 Å². The minimum Gasteiger partial charge on any atom is -0.507 e. The summed E-state index contributed by atoms with van der Waals surface area (Å²) in [5, 5.41) is 9.78. The second kappa shape index (κ2) is 7.48. The number of hydrogen-bond donors (Lipinski definition) is 3. The Morgan fingerprint density at radius 2 is 2.00 bits per heavy atom. The van der Waals surface area contributed by atoms with Gasteiger partial charge in [0.2, 0.25) is 0 Å². The first-order valence-corrected chi connectivity index (χ1v) is 5.51. The minimum atomic E-state index is -0.362. The van der Waals surface area contributed by atoms with Gasteiger partial charge in [0.1, 0.15) is 11.6 Å². The maximum atomic E-state index is 13.2. The van der Waals surface area contributed by atoms with E-state index < -0.39 is 0 Å². The van der Waals surface area contributed by atoms with Gasteiger partial charge in [0, 0.05) is 11.6 Å². The van der Waals surface area contributed by atoms with Crippen molar-refractivity contribution in [1.82, 2.24) is 0 Å². The summed E-state index contributed by atoms with van der Waals surface area (Å²) in [6, 6.07) is 2.27. The smallest absolute Gasteiger partial charge is 0.124 e. The van der Waals surface area contributed by atoms with Gasteiger partial charge in [0.15, 0.2) is 0 Å². The van der Waals surface area contributed by atoms with Gasteiger partial charge in [-0.3, -0.25) is 0 Å². The zero-order valence-corrected chi connectivity index (χ0v) is 10.8. The molecule has 0 saturated carbocycles. The van der Waals surface area contributed by atoms with Gasteiger partial charge in [-0.05, 0) is 44.0 Å². The van der Waals surface area contributed by atoms with Gasteiger partial charge in [-0.15, -0.1) is 12.4 Å². The van der Waals surface area contributed by atoms with Crippen LogP contribution in [-0.2, 0) is 0 Å². The topological polar surface area (TPSA) is 72.3 Å². The Hall–Kier alpha value is -0.840. The number of rotatable bonds is 5. The number of halogens is 2. The lowest BCUT2D eigenvalue weighted by atomic mass is 9.98. The summed E-state index contributed by atoms with van der Waals surface area (Å²) < 4.78 is 13.2. The lowest BCUT2D eigenvalue weighted by Gasteiger charge is -2.15. The third-order valence-electron chi connectivity index (χ3n) is 2.66. The maximum absolute atomic E-state index is 13.2. The lowest BCUT2D eigenvalue weighted by molar-refractivity contribution is 0.448. The van der Waals surface area contributed by atoms with E-state index in [1.807, 2.05) is 0 Å². The van der Waals surface area contributed by atoms with Crippen LogP contribution in [0.1, 0.15) is 36.4 Å². The van der Waals surface area contributed by atoms with Gasteiger partial charge in [-0.2, -0.15) is 0 Å². The second-order valence-corrected chi connectivity index (χ2v) is 4.05. The Morgan fingerprint density at radius 3 is 2.59 bits per heavy atom. The Morgan fingerprint density at radius 1 is 1.35 bits per heavy atom. The van der Waals surface area contributed by atoms with E-state index in [1.54, 1.807) is 6.92 Å². The van der Waals surface area contributed by atoms with Crippen molar-refractivity contribution in [2.75, 3.05) is 6.54 Å². The molecular weight excluding hydrogens is 243 g/mol. The number of phenolic OH excluding ortho intramolecular Hbond substituents is 1. The van der Waals surface area contributed by atoms with Crippen LogP contribution in [0.15, 0.2) is 12.1 Å². The van der Waals surface area contributed by atoms with E-state index in [0.29, 0.717) is 24.1 Å². The van der Waals surface area contributed by atoms with Crippen molar-refractivity contribution in [3.8, 4) is 5.75 Å². The second-order valence-electron chi connectivity index (χ2n) is 4.05. The molecule has 0 amide bonds. The average molecular weight is 263 g/mol. The van der Waals surface area contributed by atoms with E-state index in [9.17, 15) is 9.50 Å². The van der Waals surface area contributed by atoms with Crippen LogP contribution in [0.5, 0.6) is 5.75 Å². The first-order valence-electron chi connectivity index (χ1n) is 5.51. The molecule has 5 heteroatoms. The van der Waals surface area contributed by atoms with Crippen LogP contribution in [0.25, 0.3) is 0 Å². The molecule has 0 spiro atoms. The van der Waals surface area contributed by atoms with E-state index in [1.165, 1.54) is 12.1 Å². The summed E-state index contributed by atoms with van der Waals surface area (Å²) in [7, 11) is 0. The molecule has 0 aliphatic carbocycles. The molecule has 0 bridgehead atoms. The van der Waals surface area contributed by atoms with Gasteiger partial charge in [0.25, 0.3) is 0 Å². The zero-order valence-electron chi connectivity index (χ0n) is 9.95. The number of aryl methyl sites for hydroxylation is 1. The minimum absolute atomic E-state index is 0. The number of benzene rings is 1. The molecular formula is C12H20ClFN2O. The van der Waals surface area contributed by atoms with Crippen LogP contribution in [-0.4, -0.2) is 11.7 Å². The van der Waals surface area contributed by atoms with E-state index in [2.05, 4.69) is 0 Å². The van der Waals surface area contributed by atoms with Gasteiger partial charge >= 0.3 is 0 Å². The molecule has 5 N–H and O–H groups in total. The molecule has 1 aromatic rings. The largest absolute Gasteiger partial charge is 0.507 e. The molecule has 98 valence electrons. The monoisotopic (exact) mass is 262 g/mol. The molecule has 17 heavy (non-hydrogen) atoms. The number of unbranched alkanes of at least 4 members (excludes halogenated alkanes) is 1. The quantitative estimate of drug-likeness (QED) is 0.714. The van der Waals surface area contributed by atoms with Crippen molar-refractivity contribution >= 4 is 12.4 Å². The third-order valence-corrected chi connectivity index (χ3v) is 2.66. The van der Waals surface area contributed by atoms with Gasteiger partial charge in [-0.25, -0.2) is 4.39 Å². The van der Waals surface area contributed by atoms with E-state index in [0.717, 1.165) is 12.8 Å². The number of phenols is 1. The van der Waals surface area contributed by atoms with Crippen molar-refractivity contribution in [3.63, 3.8) is 0 Å². The fourth-order valence-corrected chi connectivity index (χ4v) is 1.71. The summed E-state index contributed by atoms with van der Waals surface area (Å²) in [5.74, 6) is -0.263. The Labute approximate surface area is 107 Å². The summed E-state index contributed by atoms with van der Waals surface area (Å²) in [6.45, 7) is 2.29. The third kappa shape index (κ3) is 4.50. The SMILES string of the molecule is Cc1cc(F)cc([C@H](N)CCCCN)c1O.Cl. The molecule has 0 aromatic heterocycles. The average Bonchev–Trinajstić information content (AvgIpc) is 2.23. The first-order chi connectivity index (χ1) is 7.56. The highest BCUT2D eigenvalue weighted by molar-refractivity contribution is 5.85. The van der Waals surface area contributed by atoms with Crippen LogP contribution < -0.4 is 11.5 Å². The van der Waals surface area contributed by atoms with Crippen LogP contribution >= 0.6 is 12.4 Å². The summed E-state index contributed by atoms with van der Waals surface area (Å²) in [4.78, 5) is 0. The molecule has 0 unspecified atom stereocenters. The highest BCUT2D eigenvalue weighted by Gasteiger charge is 2.13. The standard InChI is InChI=1S/C12H19FN2O.ClH/c1-8-6-9(13)7-10(12(8)16)11(15)4-2-3-5-14;/h6-7,11,16H,2-5,14-15H2,1H3;1H/t11-;/m1./s1. The summed E-state index contributed by atoms with van der Waals surface area (Å²) in [5.41, 5.74) is 12.3. The first kappa shape index (κ1) is 16.2. The predicted octanol–water partition coefficient (Wildman–Crippen LogP) is 2.39. The summed E-state index contributed by atoms with van der Waals surface area (Å²) >= 11 is 0. The zero-order chi connectivity index (χ0) is 12.1. The van der Waals surface area contributed by atoms with Crippen molar-refractivity contribution in [3.05, 3.63) is 29.1 Å². The molecule has 0 radical (unpaired) electrons. The molecule has 0 aliphatic heterocycles. The van der Waals surface area contributed by atoms with Crippen molar-refractivity contribution in [2.45, 2.75) is 32.2 Å². The highest BCUT2D eigenvalue weighted by atomic mass is 35.5. The Bertz CT molecular complexity index is 361. The number of hydrogen-bond acceptors (Lipinski definition) is 3. The molecule has 1 aromatic carbocycles. The fourth-order valence-electron chi connectivity index (χ4n) is 1.71. The Kier molecular flexibility index (Phi) is 7.11. The summed E-state index contributed by atoms with van der Waals surface area (Å²) in [6.07, 6.45) is 2.48. The van der Waals surface area contributed by atoms with Gasteiger partial charge in [0.05, 0.1) is 0 Å². The van der Waals surface area contributed by atoms with Crippen molar-refractivity contribution in [1.29, 1.82) is 0 Å². The van der Waals surface area contributed by atoms with E-state index in [-0.39, 0.29) is 30.0 Å². The van der Waals surface area contributed by atoms with Crippen molar-refractivity contribution < 1.29 is 9.50 Å². The Balaban J connectivity index is 0.00000256. The van der Waals surface area contributed by atoms with Gasteiger partial charge in [-0.1, -0.05) is 6.42 Å². The lowest BCUT2D eigenvalue weighted by Crippen LogP contribution is -2.12. The molecule has 1 rings (SSSR count). The number of aromatic hydroxyl groups is 1. The van der Waals surface area contributed by atoms with E-state index in [4.69, 9.17) is 11.5 Å². The predicted molar refractivity (Wildman–Crippen MR) is 69.9 cm³/mol. The van der Waals surface area contributed by atoms with E-state index >= 15 is 0 Å². The molecule has 3 nitrogen and oxygen atoms in total. The normalized spacial score (nSPS) is 12.0. The van der Waals surface area contributed by atoms with Crippen molar-refractivity contribution in [2.24, 2.45) is 11.5 Å². The van der Waals surface area contributed by atoms with Crippen LogP contribution in [0.2, 0.25) is 0 Å².